The second-order valence-electron chi connectivity index (χ2n) is 10.1. The van der Waals surface area contributed by atoms with Crippen molar-refractivity contribution in [2.24, 2.45) is 5.92 Å². The number of anilines is 4. The number of nitrogens with two attached hydrogens (primary N) is 2. The molecule has 1 saturated heterocycles. The topological polar surface area (TPSA) is 122 Å². The van der Waals surface area contributed by atoms with Crippen LogP contribution in [-0.2, 0) is 22.4 Å². The van der Waals surface area contributed by atoms with Crippen LogP contribution >= 0.6 is 11.3 Å². The zero-order chi connectivity index (χ0) is 26.1. The predicted octanol–water partition coefficient (Wildman–Crippen LogP) is 2.39. The molecule has 1 aromatic carbocycles. The smallest absolute Gasteiger partial charge is 0.309 e. The number of benzene rings is 1. The van der Waals surface area contributed by atoms with Crippen molar-refractivity contribution < 1.29 is 14.9 Å². The maximum Gasteiger partial charge on any atom is 0.309 e. The Hall–Kier alpha value is -3.24. The number of piperidine rings is 1. The average Bonchev–Trinajstić information content (AvgIpc) is 3.28. The van der Waals surface area contributed by atoms with Crippen molar-refractivity contribution in [3.63, 3.8) is 0 Å². The Morgan fingerprint density at radius 2 is 2.08 bits per heavy atom. The number of aryl methyl sites for hydroxylation is 1. The Balaban J connectivity index is 1.49. The third-order valence-corrected chi connectivity index (χ3v) is 8.80. The number of nitrogens with zero attached hydrogens (tertiary/aromatic N) is 4. The summed E-state index contributed by atoms with van der Waals surface area (Å²) in [5.41, 5.74) is 11.0. The molecule has 0 bridgehead atoms. The minimum Gasteiger partial charge on any atom is -0.466 e. The normalized spacial score (nSPS) is 18.2. The molecule has 0 unspecified atom stereocenters. The van der Waals surface area contributed by atoms with E-state index in [1.54, 1.807) is 23.9 Å². The minimum absolute atomic E-state index is 0.0960. The summed E-state index contributed by atoms with van der Waals surface area (Å²) < 4.78 is 5.29. The van der Waals surface area contributed by atoms with Crippen LogP contribution in [0.5, 0.6) is 0 Å². The van der Waals surface area contributed by atoms with Gasteiger partial charge in [-0.15, -0.1) is 11.3 Å². The van der Waals surface area contributed by atoms with Crippen LogP contribution in [0.2, 0.25) is 0 Å². The van der Waals surface area contributed by atoms with Crippen LogP contribution in [0.4, 0.5) is 22.9 Å². The summed E-state index contributed by atoms with van der Waals surface area (Å²) in [5.74, 6) is 0.570. The van der Waals surface area contributed by atoms with E-state index in [4.69, 9.17) is 15.9 Å². The van der Waals surface area contributed by atoms with Gasteiger partial charge in [0.25, 0.3) is 0 Å². The second kappa shape index (κ2) is 10.6. The summed E-state index contributed by atoms with van der Waals surface area (Å²) in [6, 6.07) is 4.60. The first-order valence-corrected chi connectivity index (χ1v) is 13.8. The van der Waals surface area contributed by atoms with E-state index in [2.05, 4.69) is 39.2 Å². The number of hydrogen-bond acceptors (Lipinski definition) is 9. The van der Waals surface area contributed by atoms with Crippen LogP contribution in [0.1, 0.15) is 42.2 Å². The number of fused-ring (bicyclic) bond motifs is 3. The highest BCUT2D eigenvalue weighted by Gasteiger charge is 2.30. The quantitative estimate of drug-likeness (QED) is 0.246. The van der Waals surface area contributed by atoms with Gasteiger partial charge in [-0.25, -0.2) is 9.97 Å². The van der Waals surface area contributed by atoms with E-state index in [1.165, 1.54) is 10.4 Å². The van der Waals surface area contributed by atoms with Gasteiger partial charge >= 0.3 is 5.97 Å². The molecule has 5 rings (SSSR count). The third-order valence-electron chi connectivity index (χ3n) is 7.63. The molecule has 3 aromatic rings. The lowest BCUT2D eigenvalue weighted by atomic mass is 9.88. The molecular formula is C27H36N7O2S+. The number of hydrogen-bond donors (Lipinski definition) is 3. The summed E-state index contributed by atoms with van der Waals surface area (Å²) in [6.45, 7) is 4.16. The van der Waals surface area contributed by atoms with Gasteiger partial charge in [0.2, 0.25) is 0 Å². The first-order chi connectivity index (χ1) is 17.9. The summed E-state index contributed by atoms with van der Waals surface area (Å²) >= 11 is 1.65. The monoisotopic (exact) mass is 522 g/mol. The van der Waals surface area contributed by atoms with Crippen LogP contribution in [0.25, 0.3) is 10.2 Å². The summed E-state index contributed by atoms with van der Waals surface area (Å²) in [6.07, 6.45) is 7.59. The fourth-order valence-electron chi connectivity index (χ4n) is 5.54. The molecule has 1 aliphatic heterocycles. The van der Waals surface area contributed by atoms with Gasteiger partial charge in [0.05, 0.1) is 34.8 Å². The number of carbonyl (C=O) groups excluding carboxylic acids is 1. The van der Waals surface area contributed by atoms with E-state index in [-0.39, 0.29) is 11.9 Å². The number of aromatic nitrogens is 2. The number of esters is 1. The molecule has 2 aromatic heterocycles. The average molecular weight is 523 g/mol. The molecule has 3 heterocycles. The third kappa shape index (κ3) is 5.00. The molecule has 0 radical (unpaired) electrons. The van der Waals surface area contributed by atoms with E-state index in [1.807, 2.05) is 19.1 Å². The lowest BCUT2D eigenvalue weighted by molar-refractivity contribution is -0.148. The van der Waals surface area contributed by atoms with Gasteiger partial charge in [-0.05, 0) is 70.8 Å². The fraction of sp³-hybridized carbons (Fsp3) is 0.481. The van der Waals surface area contributed by atoms with Crippen LogP contribution in [0.15, 0.2) is 18.5 Å². The van der Waals surface area contributed by atoms with Gasteiger partial charge in [-0.3, -0.25) is 10.2 Å². The van der Waals surface area contributed by atoms with Crippen molar-refractivity contribution in [3.8, 4) is 0 Å². The molecule has 0 saturated carbocycles. The SMILES string of the molecule is CCOC(=O)[C@H]1CCc2c(sc3ncnc(Nc4cc(C=[NH2+])c(N)cc4N4CCC(N(C)C)CC4)c23)C1. The van der Waals surface area contributed by atoms with Gasteiger partial charge in [-0.1, -0.05) is 0 Å². The Morgan fingerprint density at radius 1 is 1.30 bits per heavy atom. The maximum atomic E-state index is 12.4. The number of thiophene rings is 1. The molecule has 1 atom stereocenters. The van der Waals surface area contributed by atoms with Crippen molar-refractivity contribution in [2.45, 2.75) is 45.1 Å². The van der Waals surface area contributed by atoms with Crippen molar-refractivity contribution in [2.75, 3.05) is 49.7 Å². The molecule has 10 heteroatoms. The predicted molar refractivity (Wildman–Crippen MR) is 150 cm³/mol. The van der Waals surface area contributed by atoms with Gasteiger partial charge in [0.15, 0.2) is 6.21 Å². The van der Waals surface area contributed by atoms with E-state index < -0.39 is 0 Å². The van der Waals surface area contributed by atoms with Gasteiger partial charge in [0, 0.05) is 29.7 Å². The van der Waals surface area contributed by atoms with Crippen LogP contribution in [0.3, 0.4) is 0 Å². The van der Waals surface area contributed by atoms with Gasteiger partial charge < -0.3 is 25.6 Å². The second-order valence-corrected chi connectivity index (χ2v) is 11.2. The standard InChI is InChI=1S/C27H35N7O2S/c1-4-36-27(35)16-5-6-19-23(12-16)37-26-24(19)25(30-15-31-26)32-21-11-17(14-28)20(29)13-22(21)34-9-7-18(8-10-34)33(2)3/h11,13-16,18,28H,4-10,12,29H2,1-3H3,(H,30,31,32)/p+1/t16-/m0/s1. The molecule has 1 aliphatic carbocycles. The number of nitrogen functional groups attached to an aromatic ring is 1. The first kappa shape index (κ1) is 25.4. The summed E-state index contributed by atoms with van der Waals surface area (Å²) in [7, 11) is 4.29. The molecule has 9 nitrogen and oxygen atoms in total. The van der Waals surface area contributed by atoms with Gasteiger partial charge in [-0.2, -0.15) is 0 Å². The molecule has 2 aliphatic rings. The van der Waals surface area contributed by atoms with E-state index in [0.29, 0.717) is 24.8 Å². The molecule has 37 heavy (non-hydrogen) atoms. The van der Waals surface area contributed by atoms with Crippen LogP contribution < -0.4 is 21.4 Å². The van der Waals surface area contributed by atoms with Crippen molar-refractivity contribution in [1.29, 1.82) is 0 Å². The largest absolute Gasteiger partial charge is 0.466 e. The Morgan fingerprint density at radius 3 is 2.78 bits per heavy atom. The molecule has 196 valence electrons. The minimum atomic E-state index is -0.106. The molecule has 1 fully saturated rings. The fourth-order valence-corrected chi connectivity index (χ4v) is 6.81. The molecule has 0 amide bonds. The van der Waals surface area contributed by atoms with Crippen molar-refractivity contribution >= 4 is 56.6 Å². The molecular weight excluding hydrogens is 486 g/mol. The van der Waals surface area contributed by atoms with E-state index >= 15 is 0 Å². The van der Waals surface area contributed by atoms with Crippen LogP contribution in [-0.4, -0.2) is 66.9 Å². The number of rotatable bonds is 7. The number of ether oxygens (including phenoxy) is 1. The zero-order valence-electron chi connectivity index (χ0n) is 21.8. The van der Waals surface area contributed by atoms with Crippen LogP contribution in [0, 0.1) is 5.92 Å². The maximum absolute atomic E-state index is 12.4. The summed E-state index contributed by atoms with van der Waals surface area (Å²) in [4.78, 5) is 28.4. The van der Waals surface area contributed by atoms with E-state index in [0.717, 1.165) is 71.7 Å². The number of carbonyl (C=O) groups is 1. The number of nitrogens with one attached hydrogen (secondary N) is 1. The molecule has 5 N–H and O–H groups in total. The highest BCUT2D eigenvalue weighted by molar-refractivity contribution is 7.19. The lowest BCUT2D eigenvalue weighted by Crippen LogP contribution is -2.42. The zero-order valence-corrected chi connectivity index (χ0v) is 22.6. The Kier molecular flexibility index (Phi) is 7.30. The highest BCUT2D eigenvalue weighted by Crippen LogP contribution is 2.42. The van der Waals surface area contributed by atoms with Crippen molar-refractivity contribution in [3.05, 3.63) is 34.5 Å². The van der Waals surface area contributed by atoms with Crippen molar-refractivity contribution in [1.82, 2.24) is 14.9 Å². The van der Waals surface area contributed by atoms with Gasteiger partial charge in [0.1, 0.15) is 17.0 Å². The van der Waals surface area contributed by atoms with E-state index in [9.17, 15) is 4.79 Å². The first-order valence-electron chi connectivity index (χ1n) is 13.0. The Bertz CT molecular complexity index is 1310. The lowest BCUT2D eigenvalue weighted by Gasteiger charge is -2.37. The molecule has 0 spiro atoms. The summed E-state index contributed by atoms with van der Waals surface area (Å²) in [5, 5.41) is 10.6. The highest BCUT2D eigenvalue weighted by atomic mass is 32.1. The Labute approximate surface area is 221 Å².